The van der Waals surface area contributed by atoms with E-state index in [1.54, 1.807) is 38.7 Å². The monoisotopic (exact) mass is 951 g/mol. The van der Waals surface area contributed by atoms with E-state index in [0.717, 1.165) is 12.1 Å². The van der Waals surface area contributed by atoms with Crippen molar-refractivity contribution in [3.8, 4) is 22.4 Å². The highest BCUT2D eigenvalue weighted by atomic mass is 19.3. The topological polar surface area (TPSA) is 195 Å². The number of fused-ring (bicyclic) bond motifs is 3. The van der Waals surface area contributed by atoms with Gasteiger partial charge in [0, 0.05) is 47.9 Å². The van der Waals surface area contributed by atoms with Crippen molar-refractivity contribution in [3.05, 3.63) is 71.3 Å². The number of carbonyl (C=O) groups is 4. The zero-order valence-corrected chi connectivity index (χ0v) is 38.3. The Labute approximate surface area is 388 Å². The number of halogens is 4. The molecule has 1 unspecified atom stereocenters. The third-order valence-corrected chi connectivity index (χ3v) is 13.7. The molecule has 6 aliphatic rings. The number of H-pyrrole nitrogens is 1. The lowest BCUT2D eigenvalue weighted by Crippen LogP contribution is -2.54. The number of aromatic amines is 1. The number of imidazole rings is 1. The molecule has 2 aromatic carbocycles. The first-order valence-electron chi connectivity index (χ1n) is 22.5. The predicted molar refractivity (Wildman–Crippen MR) is 234 cm³/mol. The van der Waals surface area contributed by atoms with Crippen LogP contribution >= 0.6 is 0 Å². The zero-order valence-electron chi connectivity index (χ0n) is 38.3. The number of aliphatic imine (C=N–C) groups is 1. The number of nitrogens with one attached hydrogen (secondary N) is 3. The summed E-state index contributed by atoms with van der Waals surface area (Å²) in [5.41, 5.74) is -0.235. The van der Waals surface area contributed by atoms with Gasteiger partial charge < -0.3 is 53.8 Å². The van der Waals surface area contributed by atoms with Crippen molar-refractivity contribution < 1.29 is 65.2 Å². The average Bonchev–Trinajstić information content (AvgIpc) is 4.19. The van der Waals surface area contributed by atoms with E-state index in [1.165, 1.54) is 49.7 Å². The predicted octanol–water partition coefficient (Wildman–Crippen LogP) is 6.25. The highest BCUT2D eigenvalue weighted by molar-refractivity contribution is 6.04. The fourth-order valence-electron chi connectivity index (χ4n) is 10.1. The van der Waals surface area contributed by atoms with E-state index in [-0.39, 0.29) is 78.0 Å². The van der Waals surface area contributed by atoms with Gasteiger partial charge in [-0.05, 0) is 46.2 Å². The summed E-state index contributed by atoms with van der Waals surface area (Å²) in [6.45, 7) is 8.40. The molecule has 68 heavy (non-hydrogen) atoms. The van der Waals surface area contributed by atoms with Crippen LogP contribution in [0.2, 0.25) is 0 Å². The third-order valence-electron chi connectivity index (χ3n) is 13.7. The maximum atomic E-state index is 16.4. The number of allylic oxidation sites excluding steroid dienone is 1. The summed E-state index contributed by atoms with van der Waals surface area (Å²) in [4.78, 5) is 67.8. The number of hydrogen-bond acceptors (Lipinski definition) is 12. The highest BCUT2D eigenvalue weighted by Gasteiger charge is 2.63. The molecule has 4 amide bonds. The van der Waals surface area contributed by atoms with Gasteiger partial charge in [-0.3, -0.25) is 14.6 Å². The number of aromatic nitrogens is 2. The fraction of sp³-hybridized carbons (Fsp3) is 0.532. The van der Waals surface area contributed by atoms with Gasteiger partial charge in [-0.15, -0.1) is 0 Å². The molecular formula is C47H53F4N7O10. The van der Waals surface area contributed by atoms with Crippen LogP contribution in [0.25, 0.3) is 28.0 Å². The highest BCUT2D eigenvalue weighted by Crippen LogP contribution is 2.59. The van der Waals surface area contributed by atoms with Crippen molar-refractivity contribution in [2.24, 2.45) is 16.8 Å². The lowest BCUT2D eigenvalue weighted by atomic mass is 9.78. The molecule has 21 heteroatoms. The number of ether oxygens (including phenoxy) is 6. The lowest BCUT2D eigenvalue weighted by molar-refractivity contribution is -0.225. The molecule has 4 saturated heterocycles. The van der Waals surface area contributed by atoms with Gasteiger partial charge >= 0.3 is 24.0 Å². The Bertz CT molecular complexity index is 2570. The van der Waals surface area contributed by atoms with E-state index in [9.17, 15) is 19.2 Å². The Morgan fingerprint density at radius 1 is 0.721 bits per heavy atom. The molecule has 6 heterocycles. The Morgan fingerprint density at radius 2 is 1.19 bits per heavy atom. The van der Waals surface area contributed by atoms with E-state index in [4.69, 9.17) is 28.4 Å². The van der Waals surface area contributed by atoms with E-state index in [1.807, 2.05) is 0 Å². The van der Waals surface area contributed by atoms with E-state index in [2.05, 4.69) is 25.6 Å². The van der Waals surface area contributed by atoms with Crippen LogP contribution in [0.15, 0.2) is 53.8 Å². The van der Waals surface area contributed by atoms with Gasteiger partial charge in [-0.25, -0.2) is 14.6 Å². The minimum absolute atomic E-state index is 0.0213. The number of carbonyl (C=O) groups excluding carboxylic acids is 4. The number of alkyl carbamates (subject to hydrolysis) is 2. The first-order chi connectivity index (χ1) is 32.3. The Hall–Kier alpha value is -5.90. The minimum Gasteiger partial charge on any atom is -0.453 e. The molecule has 0 bridgehead atoms. The molecule has 4 fully saturated rings. The van der Waals surface area contributed by atoms with Crippen molar-refractivity contribution in [1.82, 2.24) is 30.4 Å². The molecule has 364 valence electrons. The van der Waals surface area contributed by atoms with Gasteiger partial charge in [-0.1, -0.05) is 52.0 Å². The number of methoxy groups -OCH3 is 2. The first-order valence-corrected chi connectivity index (χ1v) is 22.5. The molecule has 9 rings (SSSR count). The second kappa shape index (κ2) is 17.6. The van der Waals surface area contributed by atoms with Crippen LogP contribution < -0.4 is 10.6 Å². The quantitative estimate of drug-likeness (QED) is 0.195. The van der Waals surface area contributed by atoms with Gasteiger partial charge in [0.25, 0.3) is 0 Å². The summed E-state index contributed by atoms with van der Waals surface area (Å²) in [7, 11) is 2.39. The number of hydrogen-bond donors (Lipinski definition) is 3. The molecule has 1 aliphatic carbocycles. The number of alkyl halides is 4. The van der Waals surface area contributed by atoms with Crippen LogP contribution in [0, 0.1) is 11.8 Å². The summed E-state index contributed by atoms with van der Waals surface area (Å²) < 4.78 is 99.0. The largest absolute Gasteiger partial charge is 0.453 e. The van der Waals surface area contributed by atoms with Crippen LogP contribution in [-0.2, 0) is 49.9 Å². The minimum atomic E-state index is -4.65. The Morgan fingerprint density at radius 3 is 1.69 bits per heavy atom. The molecule has 17 nitrogen and oxygen atoms in total. The molecule has 0 saturated carbocycles. The van der Waals surface area contributed by atoms with Crippen LogP contribution in [0.4, 0.5) is 27.2 Å². The van der Waals surface area contributed by atoms with Crippen molar-refractivity contribution in [2.75, 3.05) is 53.7 Å². The lowest BCUT2D eigenvalue weighted by Gasteiger charge is -2.35. The second-order valence-electron chi connectivity index (χ2n) is 18.6. The Kier molecular flexibility index (Phi) is 12.2. The first kappa shape index (κ1) is 47.2. The van der Waals surface area contributed by atoms with Crippen LogP contribution in [0.5, 0.6) is 0 Å². The van der Waals surface area contributed by atoms with E-state index < -0.39 is 82.7 Å². The average molecular weight is 952 g/mol. The smallest absolute Gasteiger partial charge is 0.407 e. The maximum Gasteiger partial charge on any atom is 0.407 e. The summed E-state index contributed by atoms with van der Waals surface area (Å²) in [6.07, 6.45) is 1.82. The van der Waals surface area contributed by atoms with Crippen molar-refractivity contribution >= 4 is 35.3 Å². The Balaban J connectivity index is 0.970. The van der Waals surface area contributed by atoms with Gasteiger partial charge in [-0.2, -0.15) is 17.6 Å². The number of nitrogens with zero attached hydrogens (tertiary/aromatic N) is 4. The standard InChI is InChI=1S/C47H53F4N7O10/c1-24(2)37(55-42(61)63-5)40(59)57-22-44(65-11-12-66-44)18-35(57)33-17-28(20-52-33)26-7-9-29-30-10-8-27(16-32(30)47(50,51)46(48,49)31(29)15-26)34-21-53-39(54-34)36-19-45(67-13-14-68-45)23-58(36)41(60)38(25(3)4)56-43(62)64-6/h7-10,15-16,20-21,24-25,35-38H,11-14,17-19,22-23H2,1-6H3,(H,53,54)(H,55,61)(H,56,62)/t35?,36-,37-,38-/m0/s1. The molecule has 2 spiro atoms. The molecule has 3 aromatic rings. The summed E-state index contributed by atoms with van der Waals surface area (Å²) in [5, 5.41) is 5.20. The van der Waals surface area contributed by atoms with E-state index in [0.29, 0.717) is 37.7 Å². The van der Waals surface area contributed by atoms with Gasteiger partial charge in [0.2, 0.25) is 11.8 Å². The summed E-state index contributed by atoms with van der Waals surface area (Å²) in [5.74, 6) is -12.8. The third kappa shape index (κ3) is 8.09. The van der Waals surface area contributed by atoms with E-state index >= 15 is 17.6 Å². The normalized spacial score (nSPS) is 23.6. The molecule has 0 radical (unpaired) electrons. The summed E-state index contributed by atoms with van der Waals surface area (Å²) >= 11 is 0. The van der Waals surface area contributed by atoms with Gasteiger partial charge in [0.05, 0.1) is 77.7 Å². The maximum absolute atomic E-state index is 16.4. The molecule has 5 aliphatic heterocycles. The van der Waals surface area contributed by atoms with Gasteiger partial charge in [0.15, 0.2) is 11.6 Å². The number of amides is 4. The van der Waals surface area contributed by atoms with Gasteiger partial charge in [0.1, 0.15) is 17.9 Å². The molecule has 1 aromatic heterocycles. The molecular weight excluding hydrogens is 899 g/mol. The molecule has 3 N–H and O–H groups in total. The fourth-order valence-corrected chi connectivity index (χ4v) is 10.1. The SMILES string of the molecule is COC(=O)N[C@H](C(=O)N1CC2(CC1C1=NC=C(c3ccc4c(c3)C(F)(F)C(F)(F)c3cc(-c5cnc([C@@H]6CC7(CN6C(=O)[C@@H](NC(=O)OC)C(C)C)OCCO7)[nH]5)ccc3-4)C1)OCCO2)C(C)C. The zero-order chi connectivity index (χ0) is 48.5. The number of benzene rings is 2. The second-order valence-corrected chi connectivity index (χ2v) is 18.6. The summed E-state index contributed by atoms with van der Waals surface area (Å²) in [6, 6.07) is 4.68. The van der Waals surface area contributed by atoms with Crippen LogP contribution in [-0.4, -0.2) is 133 Å². The van der Waals surface area contributed by atoms with Crippen molar-refractivity contribution in [1.29, 1.82) is 0 Å². The van der Waals surface area contributed by atoms with Crippen LogP contribution in [0.1, 0.15) is 75.5 Å². The number of rotatable bonds is 10. The van der Waals surface area contributed by atoms with Crippen LogP contribution in [0.3, 0.4) is 0 Å². The molecule has 4 atom stereocenters. The number of likely N-dealkylation sites (tertiary alicyclic amines) is 2. The van der Waals surface area contributed by atoms with Crippen molar-refractivity contribution in [3.63, 3.8) is 0 Å². The van der Waals surface area contributed by atoms with Crippen molar-refractivity contribution in [2.45, 2.75) is 94.5 Å².